The first-order chi connectivity index (χ1) is 10.1. The Morgan fingerprint density at radius 1 is 1.43 bits per heavy atom. The molecule has 1 fully saturated rings. The number of carbonyl (C=O) groups is 1. The molecule has 2 heterocycles. The largest absolute Gasteiger partial charge is 0.381 e. The van der Waals surface area contributed by atoms with Crippen LogP contribution in [0.4, 0.5) is 0 Å². The maximum Gasteiger partial charge on any atom is 0.240 e. The zero-order valence-electron chi connectivity index (χ0n) is 13.1. The van der Waals surface area contributed by atoms with E-state index in [0.717, 1.165) is 39.1 Å². The van der Waals surface area contributed by atoms with Gasteiger partial charge in [-0.3, -0.25) is 4.79 Å². The lowest BCUT2D eigenvalue weighted by molar-refractivity contribution is -0.122. The Bertz CT molecular complexity index is 436. The van der Waals surface area contributed by atoms with Gasteiger partial charge in [-0.05, 0) is 36.9 Å². The molecule has 2 N–H and O–H groups in total. The lowest BCUT2D eigenvalue weighted by Gasteiger charge is -2.23. The van der Waals surface area contributed by atoms with E-state index in [9.17, 15) is 4.79 Å². The Labute approximate surface area is 127 Å². The molecule has 0 aliphatic carbocycles. The SMILES string of the molecule is CC(C)CNCc1ccn(CC(=O)NC2CCOCC2)c1. The summed E-state index contributed by atoms with van der Waals surface area (Å²) >= 11 is 0. The highest BCUT2D eigenvalue weighted by atomic mass is 16.5. The highest BCUT2D eigenvalue weighted by molar-refractivity contribution is 5.76. The number of hydrogen-bond donors (Lipinski definition) is 2. The third kappa shape index (κ3) is 5.89. The number of aromatic nitrogens is 1. The summed E-state index contributed by atoms with van der Waals surface area (Å²) < 4.78 is 7.24. The minimum atomic E-state index is 0.0826. The van der Waals surface area contributed by atoms with Crippen LogP contribution in [-0.4, -0.2) is 36.3 Å². The molecule has 0 bridgehead atoms. The average molecular weight is 293 g/mol. The van der Waals surface area contributed by atoms with E-state index in [1.54, 1.807) is 0 Å². The molecule has 5 nitrogen and oxygen atoms in total. The summed E-state index contributed by atoms with van der Waals surface area (Å²) in [6, 6.07) is 2.34. The van der Waals surface area contributed by atoms with Crippen molar-refractivity contribution in [3.05, 3.63) is 24.0 Å². The molecule has 0 spiro atoms. The minimum absolute atomic E-state index is 0.0826. The van der Waals surface area contributed by atoms with Gasteiger partial charge >= 0.3 is 0 Å². The van der Waals surface area contributed by atoms with Crippen molar-refractivity contribution in [2.75, 3.05) is 19.8 Å². The summed E-state index contributed by atoms with van der Waals surface area (Å²) in [5.74, 6) is 0.733. The highest BCUT2D eigenvalue weighted by Gasteiger charge is 2.16. The monoisotopic (exact) mass is 293 g/mol. The molecule has 1 saturated heterocycles. The highest BCUT2D eigenvalue weighted by Crippen LogP contribution is 2.06. The number of rotatable bonds is 7. The topological polar surface area (TPSA) is 55.3 Å². The van der Waals surface area contributed by atoms with Gasteiger partial charge in [0.25, 0.3) is 0 Å². The van der Waals surface area contributed by atoms with E-state index in [1.807, 2.05) is 17.0 Å². The van der Waals surface area contributed by atoms with Crippen LogP contribution < -0.4 is 10.6 Å². The molecular formula is C16H27N3O2. The van der Waals surface area contributed by atoms with Crippen LogP contribution in [0.3, 0.4) is 0 Å². The molecule has 0 atom stereocenters. The zero-order chi connectivity index (χ0) is 15.1. The first-order valence-corrected chi connectivity index (χ1v) is 7.86. The molecule has 1 aliphatic heterocycles. The second-order valence-corrected chi connectivity index (χ2v) is 6.17. The van der Waals surface area contributed by atoms with Gasteiger partial charge in [0.2, 0.25) is 5.91 Å². The van der Waals surface area contributed by atoms with Gasteiger partial charge in [0.05, 0.1) is 0 Å². The van der Waals surface area contributed by atoms with Crippen LogP contribution in [0.25, 0.3) is 0 Å². The third-order valence-corrected chi connectivity index (χ3v) is 3.61. The van der Waals surface area contributed by atoms with Crippen LogP contribution in [0.1, 0.15) is 32.3 Å². The third-order valence-electron chi connectivity index (χ3n) is 3.61. The molecule has 0 radical (unpaired) electrons. The summed E-state index contributed by atoms with van der Waals surface area (Å²) in [4.78, 5) is 12.0. The van der Waals surface area contributed by atoms with Crippen LogP contribution in [0.15, 0.2) is 18.5 Å². The number of hydrogen-bond acceptors (Lipinski definition) is 3. The second kappa shape index (κ2) is 8.20. The molecule has 0 saturated carbocycles. The van der Waals surface area contributed by atoms with Crippen LogP contribution in [0.2, 0.25) is 0 Å². The van der Waals surface area contributed by atoms with E-state index in [4.69, 9.17) is 4.74 Å². The van der Waals surface area contributed by atoms with Crippen molar-refractivity contribution in [1.82, 2.24) is 15.2 Å². The van der Waals surface area contributed by atoms with Crippen molar-refractivity contribution < 1.29 is 9.53 Å². The van der Waals surface area contributed by atoms with E-state index in [-0.39, 0.29) is 11.9 Å². The van der Waals surface area contributed by atoms with E-state index < -0.39 is 0 Å². The van der Waals surface area contributed by atoms with Crippen LogP contribution in [0.5, 0.6) is 0 Å². The molecule has 1 aromatic rings. The lowest BCUT2D eigenvalue weighted by Crippen LogP contribution is -2.40. The number of nitrogens with one attached hydrogen (secondary N) is 2. The van der Waals surface area contributed by atoms with Gasteiger partial charge in [-0.15, -0.1) is 0 Å². The fraction of sp³-hybridized carbons (Fsp3) is 0.688. The molecule has 1 amide bonds. The van der Waals surface area contributed by atoms with Crippen molar-refractivity contribution in [1.29, 1.82) is 0 Å². The van der Waals surface area contributed by atoms with E-state index in [0.29, 0.717) is 12.5 Å². The smallest absolute Gasteiger partial charge is 0.240 e. The first-order valence-electron chi connectivity index (χ1n) is 7.86. The summed E-state index contributed by atoms with van der Waals surface area (Å²) in [5, 5.41) is 6.48. The normalized spacial score (nSPS) is 16.3. The molecular weight excluding hydrogens is 266 g/mol. The maximum absolute atomic E-state index is 12.0. The van der Waals surface area contributed by atoms with Crippen molar-refractivity contribution >= 4 is 5.91 Å². The Morgan fingerprint density at radius 2 is 2.19 bits per heavy atom. The van der Waals surface area contributed by atoms with Crippen molar-refractivity contribution in [2.45, 2.75) is 45.8 Å². The van der Waals surface area contributed by atoms with Gasteiger partial charge < -0.3 is 19.9 Å². The Hall–Kier alpha value is -1.33. The summed E-state index contributed by atoms with van der Waals surface area (Å²) in [7, 11) is 0. The van der Waals surface area contributed by atoms with Crippen LogP contribution >= 0.6 is 0 Å². The minimum Gasteiger partial charge on any atom is -0.381 e. The number of nitrogens with zero attached hydrogens (tertiary/aromatic N) is 1. The number of carbonyl (C=O) groups excluding carboxylic acids is 1. The maximum atomic E-state index is 12.0. The number of ether oxygens (including phenoxy) is 1. The Balaban J connectivity index is 1.72. The molecule has 1 aromatic heterocycles. The second-order valence-electron chi connectivity index (χ2n) is 6.17. The van der Waals surface area contributed by atoms with E-state index in [1.165, 1.54) is 5.56 Å². The van der Waals surface area contributed by atoms with Crippen LogP contribution in [-0.2, 0) is 22.6 Å². The summed E-state index contributed by atoms with van der Waals surface area (Å²) in [6.07, 6.45) is 5.84. The zero-order valence-corrected chi connectivity index (χ0v) is 13.1. The molecule has 0 unspecified atom stereocenters. The predicted molar refractivity (Wildman–Crippen MR) is 83.0 cm³/mol. The molecule has 2 rings (SSSR count). The van der Waals surface area contributed by atoms with Gasteiger partial charge in [-0.25, -0.2) is 0 Å². The van der Waals surface area contributed by atoms with Gasteiger partial charge in [0.1, 0.15) is 6.54 Å². The van der Waals surface area contributed by atoms with E-state index >= 15 is 0 Å². The van der Waals surface area contributed by atoms with E-state index in [2.05, 4.69) is 30.5 Å². The quantitative estimate of drug-likeness (QED) is 0.801. The standard InChI is InChI=1S/C16H27N3O2/c1-13(2)9-17-10-14-3-6-19(11-14)12-16(20)18-15-4-7-21-8-5-15/h3,6,11,13,15,17H,4-5,7-10,12H2,1-2H3,(H,18,20). The first kappa shape index (κ1) is 16.0. The fourth-order valence-corrected chi connectivity index (χ4v) is 2.48. The number of amides is 1. The molecule has 21 heavy (non-hydrogen) atoms. The Kier molecular flexibility index (Phi) is 6.26. The average Bonchev–Trinajstić information content (AvgIpc) is 2.86. The summed E-state index contributed by atoms with van der Waals surface area (Å²) in [6.45, 7) is 8.14. The fourth-order valence-electron chi connectivity index (χ4n) is 2.48. The van der Waals surface area contributed by atoms with Gasteiger partial charge in [0.15, 0.2) is 0 Å². The van der Waals surface area contributed by atoms with Crippen molar-refractivity contribution in [3.8, 4) is 0 Å². The van der Waals surface area contributed by atoms with Crippen molar-refractivity contribution in [3.63, 3.8) is 0 Å². The van der Waals surface area contributed by atoms with Crippen LogP contribution in [0, 0.1) is 5.92 Å². The molecule has 0 aromatic carbocycles. The molecule has 1 aliphatic rings. The Morgan fingerprint density at radius 3 is 2.90 bits per heavy atom. The van der Waals surface area contributed by atoms with Gasteiger partial charge in [0, 0.05) is 38.2 Å². The van der Waals surface area contributed by atoms with Gasteiger partial charge in [-0.1, -0.05) is 13.8 Å². The predicted octanol–water partition coefficient (Wildman–Crippen LogP) is 1.53. The lowest BCUT2D eigenvalue weighted by atomic mass is 10.1. The summed E-state index contributed by atoms with van der Waals surface area (Å²) in [5.41, 5.74) is 1.22. The molecule has 5 heteroatoms. The molecule has 118 valence electrons. The van der Waals surface area contributed by atoms with Gasteiger partial charge in [-0.2, -0.15) is 0 Å². The van der Waals surface area contributed by atoms with Crippen molar-refractivity contribution in [2.24, 2.45) is 5.92 Å².